The summed E-state index contributed by atoms with van der Waals surface area (Å²) in [6, 6.07) is 0.157. The van der Waals surface area contributed by atoms with Gasteiger partial charge in [0.05, 0.1) is 6.42 Å². The van der Waals surface area contributed by atoms with Gasteiger partial charge in [0, 0.05) is 25.2 Å². The maximum absolute atomic E-state index is 12.8. The molecule has 0 aromatic carbocycles. The minimum Gasteiger partial charge on any atom is -0.481 e. The first-order chi connectivity index (χ1) is 9.40. The fourth-order valence-electron chi connectivity index (χ4n) is 3.63. The Morgan fingerprint density at radius 2 is 1.90 bits per heavy atom. The molecule has 2 saturated heterocycles. The van der Waals surface area contributed by atoms with Crippen molar-refractivity contribution in [2.75, 3.05) is 13.1 Å². The Morgan fingerprint density at radius 1 is 1.20 bits per heavy atom. The van der Waals surface area contributed by atoms with Crippen LogP contribution in [0.3, 0.4) is 0 Å². The van der Waals surface area contributed by atoms with Gasteiger partial charge in [0.15, 0.2) is 0 Å². The lowest BCUT2D eigenvalue weighted by atomic mass is 9.86. The average molecular weight is 282 g/mol. The molecule has 0 spiro atoms. The van der Waals surface area contributed by atoms with Gasteiger partial charge in [-0.2, -0.15) is 0 Å². The number of nitrogens with zero attached hydrogens (tertiary/aromatic N) is 2. The molecule has 0 saturated carbocycles. The van der Waals surface area contributed by atoms with E-state index >= 15 is 0 Å². The van der Waals surface area contributed by atoms with E-state index in [4.69, 9.17) is 5.11 Å². The van der Waals surface area contributed by atoms with Crippen molar-refractivity contribution >= 4 is 12.0 Å². The van der Waals surface area contributed by atoms with E-state index in [0.29, 0.717) is 18.4 Å². The molecule has 2 heterocycles. The van der Waals surface area contributed by atoms with Gasteiger partial charge in [0.25, 0.3) is 0 Å². The maximum atomic E-state index is 12.8. The summed E-state index contributed by atoms with van der Waals surface area (Å²) in [5, 5.41) is 8.97. The van der Waals surface area contributed by atoms with Crippen molar-refractivity contribution in [3.63, 3.8) is 0 Å². The van der Waals surface area contributed by atoms with Crippen LogP contribution in [0.1, 0.15) is 46.5 Å². The van der Waals surface area contributed by atoms with Crippen LogP contribution in [0.25, 0.3) is 0 Å². The first-order valence-corrected chi connectivity index (χ1v) is 7.69. The molecular weight excluding hydrogens is 256 g/mol. The van der Waals surface area contributed by atoms with E-state index in [1.165, 1.54) is 0 Å². The quantitative estimate of drug-likeness (QED) is 0.846. The molecule has 2 aliphatic heterocycles. The van der Waals surface area contributed by atoms with Crippen molar-refractivity contribution < 1.29 is 14.7 Å². The lowest BCUT2D eigenvalue weighted by Gasteiger charge is -2.43. The molecule has 1 N–H and O–H groups in total. The van der Waals surface area contributed by atoms with Crippen LogP contribution < -0.4 is 0 Å². The molecular formula is C15H26N2O3. The van der Waals surface area contributed by atoms with Gasteiger partial charge in [-0.25, -0.2) is 4.79 Å². The van der Waals surface area contributed by atoms with Gasteiger partial charge in [-0.1, -0.05) is 13.8 Å². The van der Waals surface area contributed by atoms with Crippen LogP contribution in [-0.2, 0) is 4.79 Å². The fourth-order valence-corrected chi connectivity index (χ4v) is 3.63. The molecule has 5 nitrogen and oxygen atoms in total. The molecule has 4 atom stereocenters. The zero-order valence-electron chi connectivity index (χ0n) is 12.7. The second kappa shape index (κ2) is 6.02. The van der Waals surface area contributed by atoms with Crippen molar-refractivity contribution in [3.05, 3.63) is 0 Å². The summed E-state index contributed by atoms with van der Waals surface area (Å²) in [7, 11) is 0. The minimum absolute atomic E-state index is 0.0413. The van der Waals surface area contributed by atoms with Crippen molar-refractivity contribution in [1.29, 1.82) is 0 Å². The molecule has 2 fully saturated rings. The first kappa shape index (κ1) is 15.1. The predicted octanol–water partition coefficient (Wildman–Crippen LogP) is 2.41. The third kappa shape index (κ3) is 3.07. The molecule has 0 radical (unpaired) electrons. The summed E-state index contributed by atoms with van der Waals surface area (Å²) in [5.41, 5.74) is 0. The van der Waals surface area contributed by atoms with E-state index in [1.54, 1.807) is 4.90 Å². The number of urea groups is 1. The number of rotatable bonds is 2. The summed E-state index contributed by atoms with van der Waals surface area (Å²) in [6.45, 7) is 7.97. The molecule has 4 unspecified atom stereocenters. The lowest BCUT2D eigenvalue weighted by molar-refractivity contribution is -0.138. The number of hydrogen-bond donors (Lipinski definition) is 1. The van der Waals surface area contributed by atoms with Gasteiger partial charge in [-0.05, 0) is 38.0 Å². The fraction of sp³-hybridized carbons (Fsp3) is 0.867. The highest BCUT2D eigenvalue weighted by Crippen LogP contribution is 2.30. The number of hydrogen-bond acceptors (Lipinski definition) is 2. The smallest absolute Gasteiger partial charge is 0.320 e. The maximum Gasteiger partial charge on any atom is 0.320 e. The molecule has 0 aromatic rings. The van der Waals surface area contributed by atoms with Crippen molar-refractivity contribution in [2.45, 2.75) is 58.5 Å². The van der Waals surface area contributed by atoms with Crippen LogP contribution in [-0.4, -0.2) is 52.1 Å². The molecule has 0 bridgehead atoms. The highest BCUT2D eigenvalue weighted by Gasteiger charge is 2.38. The highest BCUT2D eigenvalue weighted by molar-refractivity contribution is 5.77. The summed E-state index contributed by atoms with van der Waals surface area (Å²) < 4.78 is 0. The van der Waals surface area contributed by atoms with E-state index in [2.05, 4.69) is 20.8 Å². The van der Waals surface area contributed by atoms with Crippen molar-refractivity contribution in [3.8, 4) is 0 Å². The van der Waals surface area contributed by atoms with Gasteiger partial charge in [0.2, 0.25) is 0 Å². The molecule has 0 aromatic heterocycles. The van der Waals surface area contributed by atoms with Gasteiger partial charge in [0.1, 0.15) is 0 Å². The van der Waals surface area contributed by atoms with Gasteiger partial charge >= 0.3 is 12.0 Å². The zero-order chi connectivity index (χ0) is 14.9. The zero-order valence-corrected chi connectivity index (χ0v) is 12.7. The van der Waals surface area contributed by atoms with Gasteiger partial charge in [-0.15, -0.1) is 0 Å². The van der Waals surface area contributed by atoms with E-state index in [1.807, 2.05) is 4.90 Å². The van der Waals surface area contributed by atoms with Gasteiger partial charge in [-0.3, -0.25) is 4.79 Å². The predicted molar refractivity (Wildman–Crippen MR) is 76.5 cm³/mol. The Bertz CT molecular complexity index is 385. The Labute approximate surface area is 120 Å². The molecule has 20 heavy (non-hydrogen) atoms. The molecule has 5 heteroatoms. The molecule has 0 aliphatic carbocycles. The summed E-state index contributed by atoms with van der Waals surface area (Å²) in [6.07, 6.45) is 2.95. The Hall–Kier alpha value is -1.26. The molecule has 2 aliphatic rings. The first-order valence-electron chi connectivity index (χ1n) is 7.69. The summed E-state index contributed by atoms with van der Waals surface area (Å²) >= 11 is 0. The molecule has 2 amide bonds. The van der Waals surface area contributed by atoms with Crippen LogP contribution in [0.4, 0.5) is 4.79 Å². The van der Waals surface area contributed by atoms with E-state index in [9.17, 15) is 9.59 Å². The van der Waals surface area contributed by atoms with Crippen LogP contribution in [0, 0.1) is 11.8 Å². The number of carboxylic acids is 1. The normalized spacial score (nSPS) is 34.4. The van der Waals surface area contributed by atoms with E-state index < -0.39 is 5.97 Å². The van der Waals surface area contributed by atoms with Gasteiger partial charge < -0.3 is 14.9 Å². The Balaban J connectivity index is 2.07. The number of carbonyl (C=O) groups is 2. The van der Waals surface area contributed by atoms with E-state index in [0.717, 1.165) is 25.8 Å². The summed E-state index contributed by atoms with van der Waals surface area (Å²) in [5.74, 6) is 0.206. The van der Waals surface area contributed by atoms with Crippen LogP contribution in [0.2, 0.25) is 0 Å². The Kier molecular flexibility index (Phi) is 4.55. The number of carbonyl (C=O) groups excluding carboxylic acids is 1. The summed E-state index contributed by atoms with van der Waals surface area (Å²) in [4.78, 5) is 27.4. The van der Waals surface area contributed by atoms with E-state index in [-0.39, 0.29) is 24.5 Å². The average Bonchev–Trinajstić information content (AvgIpc) is 2.80. The Morgan fingerprint density at radius 3 is 2.55 bits per heavy atom. The monoisotopic (exact) mass is 282 g/mol. The van der Waals surface area contributed by atoms with Crippen LogP contribution in [0.15, 0.2) is 0 Å². The molecule has 114 valence electrons. The second-order valence-corrected chi connectivity index (χ2v) is 6.58. The largest absolute Gasteiger partial charge is 0.481 e. The SMILES string of the molecule is CC1CC(C)C(C)N(C(=O)N2CCCC2CC(=O)O)C1. The third-order valence-corrected chi connectivity index (χ3v) is 4.88. The number of piperidine rings is 1. The van der Waals surface area contributed by atoms with Crippen molar-refractivity contribution in [1.82, 2.24) is 9.80 Å². The topological polar surface area (TPSA) is 60.9 Å². The number of carboxylic acid groups (broad SMARTS) is 1. The minimum atomic E-state index is -0.817. The molecule has 2 rings (SSSR count). The number of aliphatic carboxylic acids is 1. The third-order valence-electron chi connectivity index (χ3n) is 4.88. The van der Waals surface area contributed by atoms with Crippen LogP contribution in [0.5, 0.6) is 0 Å². The van der Waals surface area contributed by atoms with Crippen LogP contribution >= 0.6 is 0 Å². The number of amides is 2. The standard InChI is InChI=1S/C15H26N2O3/c1-10-7-11(2)12(3)17(9-10)15(20)16-6-4-5-13(16)8-14(18)19/h10-13H,4-9H2,1-3H3,(H,18,19). The second-order valence-electron chi connectivity index (χ2n) is 6.58. The number of likely N-dealkylation sites (tertiary alicyclic amines) is 2. The highest BCUT2D eigenvalue weighted by atomic mass is 16.4. The lowest BCUT2D eigenvalue weighted by Crippen LogP contribution is -2.54. The van der Waals surface area contributed by atoms with Crippen molar-refractivity contribution in [2.24, 2.45) is 11.8 Å².